The maximum absolute atomic E-state index is 13.0. The Balaban J connectivity index is 1.92. The zero-order chi connectivity index (χ0) is 15.2. The number of ether oxygens (including phenoxy) is 1. The largest absolute Gasteiger partial charge is 0.484 e. The molecule has 1 amide bonds. The van der Waals surface area contributed by atoms with E-state index >= 15 is 0 Å². The first-order valence-corrected chi connectivity index (χ1v) is 6.40. The van der Waals surface area contributed by atoms with Crippen molar-refractivity contribution >= 4 is 23.2 Å². The Labute approximate surface area is 126 Å². The Kier molecular flexibility index (Phi) is 4.81. The molecule has 2 aromatic carbocycles. The molecule has 0 aliphatic heterocycles. The van der Waals surface area contributed by atoms with Crippen molar-refractivity contribution in [2.75, 3.05) is 11.9 Å². The number of hydrogen-bond acceptors (Lipinski definition) is 2. The van der Waals surface area contributed by atoms with Gasteiger partial charge in [0, 0.05) is 17.3 Å². The molecule has 3 nitrogen and oxygen atoms in total. The normalized spacial score (nSPS) is 9.76. The molecule has 0 unspecified atom stereocenters. The number of terminal acetylenes is 1. The van der Waals surface area contributed by atoms with Crippen molar-refractivity contribution in [3.63, 3.8) is 0 Å². The predicted octanol–water partition coefficient (Wildman–Crippen LogP) is 3.48. The van der Waals surface area contributed by atoms with E-state index in [1.54, 1.807) is 24.3 Å². The molecule has 0 aromatic heterocycles. The average molecular weight is 304 g/mol. The topological polar surface area (TPSA) is 38.3 Å². The van der Waals surface area contributed by atoms with Crippen LogP contribution in [0, 0.1) is 18.2 Å². The lowest BCUT2D eigenvalue weighted by atomic mass is 10.2. The average Bonchev–Trinajstić information content (AvgIpc) is 2.48. The Hall–Kier alpha value is -2.51. The van der Waals surface area contributed by atoms with Crippen LogP contribution in [0.3, 0.4) is 0 Å². The first-order chi connectivity index (χ1) is 10.1. The third-order valence-corrected chi connectivity index (χ3v) is 2.86. The molecule has 0 bridgehead atoms. The molecule has 21 heavy (non-hydrogen) atoms. The quantitative estimate of drug-likeness (QED) is 0.878. The minimum atomic E-state index is -0.542. The first-order valence-electron chi connectivity index (χ1n) is 6.03. The molecular weight excluding hydrogens is 293 g/mol. The highest BCUT2D eigenvalue weighted by atomic mass is 35.5. The number of halogens is 2. The maximum Gasteiger partial charge on any atom is 0.262 e. The second-order valence-corrected chi connectivity index (χ2v) is 4.55. The Morgan fingerprint density at radius 3 is 2.86 bits per heavy atom. The predicted molar refractivity (Wildman–Crippen MR) is 79.9 cm³/mol. The van der Waals surface area contributed by atoms with Gasteiger partial charge in [0.2, 0.25) is 0 Å². The summed E-state index contributed by atoms with van der Waals surface area (Å²) in [6.45, 7) is -0.220. The number of rotatable bonds is 4. The monoisotopic (exact) mass is 303 g/mol. The Morgan fingerprint density at radius 1 is 1.33 bits per heavy atom. The van der Waals surface area contributed by atoms with Gasteiger partial charge in [0.25, 0.3) is 5.91 Å². The summed E-state index contributed by atoms with van der Waals surface area (Å²) < 4.78 is 18.2. The number of nitrogens with one attached hydrogen (secondary N) is 1. The van der Waals surface area contributed by atoms with Crippen LogP contribution in [0.2, 0.25) is 5.02 Å². The lowest BCUT2D eigenvalue weighted by Crippen LogP contribution is -2.20. The van der Waals surface area contributed by atoms with E-state index in [4.69, 9.17) is 22.8 Å². The number of anilines is 1. The molecule has 2 rings (SSSR count). The van der Waals surface area contributed by atoms with Crippen LogP contribution in [0.25, 0.3) is 0 Å². The zero-order valence-corrected chi connectivity index (χ0v) is 11.7. The summed E-state index contributed by atoms with van der Waals surface area (Å²) in [5.41, 5.74) is 1.25. The van der Waals surface area contributed by atoms with Crippen LogP contribution in [0.1, 0.15) is 5.56 Å². The maximum atomic E-state index is 13.0. The van der Waals surface area contributed by atoms with E-state index in [9.17, 15) is 9.18 Å². The van der Waals surface area contributed by atoms with Crippen LogP contribution in [0.5, 0.6) is 5.75 Å². The number of hydrogen-bond donors (Lipinski definition) is 1. The standard InChI is InChI=1S/C16H11ClFNO2/c1-2-11-4-3-5-12(8-11)19-16(20)10-21-13-6-7-15(18)14(17)9-13/h1,3-9H,10H2,(H,19,20). The SMILES string of the molecule is C#Cc1cccc(NC(=O)COc2ccc(F)c(Cl)c2)c1. The van der Waals surface area contributed by atoms with E-state index < -0.39 is 5.82 Å². The van der Waals surface area contributed by atoms with E-state index in [0.29, 0.717) is 17.0 Å². The molecule has 0 heterocycles. The second-order valence-electron chi connectivity index (χ2n) is 4.14. The van der Waals surface area contributed by atoms with Crippen LogP contribution in [-0.4, -0.2) is 12.5 Å². The van der Waals surface area contributed by atoms with Gasteiger partial charge in [0.05, 0.1) is 5.02 Å². The molecule has 106 valence electrons. The van der Waals surface area contributed by atoms with Gasteiger partial charge in [0.1, 0.15) is 11.6 Å². The van der Waals surface area contributed by atoms with Gasteiger partial charge in [-0.05, 0) is 30.3 Å². The van der Waals surface area contributed by atoms with E-state index in [-0.39, 0.29) is 17.5 Å². The molecular formula is C16H11ClFNO2. The minimum absolute atomic E-state index is 0.0605. The summed E-state index contributed by atoms with van der Waals surface area (Å²) >= 11 is 5.62. The highest BCUT2D eigenvalue weighted by Gasteiger charge is 2.06. The van der Waals surface area contributed by atoms with Crippen molar-refractivity contribution in [3.05, 3.63) is 58.9 Å². The summed E-state index contributed by atoms with van der Waals surface area (Å²) in [6, 6.07) is 10.8. The van der Waals surface area contributed by atoms with Gasteiger partial charge in [-0.3, -0.25) is 4.79 Å². The molecule has 0 aliphatic rings. The van der Waals surface area contributed by atoms with Crippen LogP contribution in [-0.2, 0) is 4.79 Å². The fourth-order valence-corrected chi connectivity index (χ4v) is 1.77. The van der Waals surface area contributed by atoms with Gasteiger partial charge in [-0.15, -0.1) is 6.42 Å². The van der Waals surface area contributed by atoms with Gasteiger partial charge in [0.15, 0.2) is 6.61 Å². The van der Waals surface area contributed by atoms with Gasteiger partial charge in [-0.25, -0.2) is 4.39 Å². The fourth-order valence-electron chi connectivity index (χ4n) is 1.60. The fraction of sp³-hybridized carbons (Fsp3) is 0.0625. The van der Waals surface area contributed by atoms with Gasteiger partial charge < -0.3 is 10.1 Å². The van der Waals surface area contributed by atoms with Crippen LogP contribution in [0.15, 0.2) is 42.5 Å². The van der Waals surface area contributed by atoms with Crippen LogP contribution in [0.4, 0.5) is 10.1 Å². The van der Waals surface area contributed by atoms with E-state index in [0.717, 1.165) is 0 Å². The number of benzene rings is 2. The van der Waals surface area contributed by atoms with Crippen LogP contribution < -0.4 is 10.1 Å². The molecule has 0 fully saturated rings. The van der Waals surface area contributed by atoms with Gasteiger partial charge in [-0.2, -0.15) is 0 Å². The molecule has 0 radical (unpaired) electrons. The minimum Gasteiger partial charge on any atom is -0.484 e. The van der Waals surface area contributed by atoms with Crippen molar-refractivity contribution in [3.8, 4) is 18.1 Å². The van der Waals surface area contributed by atoms with Gasteiger partial charge >= 0.3 is 0 Å². The van der Waals surface area contributed by atoms with Crippen molar-refractivity contribution in [2.45, 2.75) is 0 Å². The van der Waals surface area contributed by atoms with Crippen molar-refractivity contribution in [2.24, 2.45) is 0 Å². The lowest BCUT2D eigenvalue weighted by Gasteiger charge is -2.08. The van der Waals surface area contributed by atoms with Crippen molar-refractivity contribution in [1.29, 1.82) is 0 Å². The van der Waals surface area contributed by atoms with E-state index in [1.807, 2.05) is 0 Å². The smallest absolute Gasteiger partial charge is 0.262 e. The molecule has 0 spiro atoms. The van der Waals surface area contributed by atoms with Crippen LogP contribution >= 0.6 is 11.6 Å². The number of carbonyl (C=O) groups excluding carboxylic acids is 1. The molecule has 0 saturated carbocycles. The van der Waals surface area contributed by atoms with Crippen molar-refractivity contribution < 1.29 is 13.9 Å². The Bertz CT molecular complexity index is 710. The molecule has 5 heteroatoms. The third-order valence-electron chi connectivity index (χ3n) is 2.57. The molecule has 0 saturated heterocycles. The molecule has 0 atom stereocenters. The molecule has 0 aliphatic carbocycles. The zero-order valence-electron chi connectivity index (χ0n) is 10.9. The highest BCUT2D eigenvalue weighted by molar-refractivity contribution is 6.30. The number of amides is 1. The van der Waals surface area contributed by atoms with Gasteiger partial charge in [-0.1, -0.05) is 23.6 Å². The molecule has 2 aromatic rings. The number of carbonyl (C=O) groups is 1. The van der Waals surface area contributed by atoms with Crippen molar-refractivity contribution in [1.82, 2.24) is 0 Å². The first kappa shape index (κ1) is 14.9. The summed E-state index contributed by atoms with van der Waals surface area (Å²) in [7, 11) is 0. The summed E-state index contributed by atoms with van der Waals surface area (Å²) in [6.07, 6.45) is 5.28. The second kappa shape index (κ2) is 6.78. The lowest BCUT2D eigenvalue weighted by molar-refractivity contribution is -0.118. The Morgan fingerprint density at radius 2 is 2.14 bits per heavy atom. The van der Waals surface area contributed by atoms with E-state index in [1.165, 1.54) is 18.2 Å². The summed E-state index contributed by atoms with van der Waals surface area (Å²) in [5.74, 6) is 1.89. The third kappa shape index (κ3) is 4.23. The molecule has 1 N–H and O–H groups in total. The van der Waals surface area contributed by atoms with E-state index in [2.05, 4.69) is 11.2 Å². The summed E-state index contributed by atoms with van der Waals surface area (Å²) in [5, 5.41) is 2.59. The summed E-state index contributed by atoms with van der Waals surface area (Å²) in [4.78, 5) is 11.7. The highest BCUT2D eigenvalue weighted by Crippen LogP contribution is 2.21.